The molecule has 1 aliphatic rings. The van der Waals surface area contributed by atoms with Crippen LogP contribution in [0.2, 0.25) is 0 Å². The number of carbonyl (C=O) groups excluding carboxylic acids is 2. The zero-order valence-electron chi connectivity index (χ0n) is 17.1. The molecular formula is C22H30O5S. The maximum absolute atomic E-state index is 12.8. The molecular weight excluding hydrogens is 376 g/mol. The smallest absolute Gasteiger partial charge is 0.320 e. The lowest BCUT2D eigenvalue weighted by Crippen LogP contribution is -2.32. The number of hydrogen-bond acceptors (Lipinski definition) is 6. The molecule has 2 rings (SSSR count). The quantitative estimate of drug-likeness (QED) is 0.356. The van der Waals surface area contributed by atoms with E-state index in [0.717, 1.165) is 41.9 Å². The first-order valence-electron chi connectivity index (χ1n) is 9.75. The van der Waals surface area contributed by atoms with Gasteiger partial charge in [0.25, 0.3) is 0 Å². The summed E-state index contributed by atoms with van der Waals surface area (Å²) in [6.07, 6.45) is 5.92. The summed E-state index contributed by atoms with van der Waals surface area (Å²) in [4.78, 5) is 25.7. The molecule has 0 unspecified atom stereocenters. The molecule has 0 radical (unpaired) electrons. The van der Waals surface area contributed by atoms with Gasteiger partial charge in [0, 0.05) is 10.8 Å². The highest BCUT2D eigenvalue weighted by Crippen LogP contribution is 2.40. The second-order valence-corrected chi connectivity index (χ2v) is 8.09. The van der Waals surface area contributed by atoms with E-state index in [1.54, 1.807) is 7.11 Å². The minimum absolute atomic E-state index is 0.0482. The van der Waals surface area contributed by atoms with Crippen LogP contribution in [0.3, 0.4) is 0 Å². The molecule has 28 heavy (non-hydrogen) atoms. The van der Waals surface area contributed by atoms with Crippen LogP contribution < -0.4 is 4.74 Å². The molecule has 3 atom stereocenters. The average Bonchev–Trinajstić information content (AvgIpc) is 2.72. The minimum Gasteiger partial charge on any atom is -0.497 e. The van der Waals surface area contributed by atoms with Gasteiger partial charge in [0.2, 0.25) is 0 Å². The maximum Gasteiger partial charge on any atom is 0.320 e. The van der Waals surface area contributed by atoms with E-state index in [4.69, 9.17) is 14.2 Å². The Balaban J connectivity index is 2.29. The first-order chi connectivity index (χ1) is 13.5. The molecule has 1 fully saturated rings. The summed E-state index contributed by atoms with van der Waals surface area (Å²) in [5, 5.41) is -0.343. The zero-order valence-corrected chi connectivity index (χ0v) is 17.9. The number of esters is 2. The summed E-state index contributed by atoms with van der Waals surface area (Å²) < 4.78 is 15.5. The van der Waals surface area contributed by atoms with Crippen molar-refractivity contribution in [3.05, 3.63) is 35.9 Å². The summed E-state index contributed by atoms with van der Waals surface area (Å²) in [5.41, 5.74) is 1.16. The van der Waals surface area contributed by atoms with Crippen LogP contribution in [0.25, 0.3) is 0 Å². The Bertz CT molecular complexity index is 683. The summed E-state index contributed by atoms with van der Waals surface area (Å²) in [6.45, 7) is 4.01. The predicted octanol–water partition coefficient (Wildman–Crippen LogP) is 4.64. The van der Waals surface area contributed by atoms with Crippen molar-refractivity contribution >= 4 is 23.7 Å². The molecule has 0 bridgehead atoms. The van der Waals surface area contributed by atoms with Crippen LogP contribution in [0.1, 0.15) is 39.5 Å². The number of allylic oxidation sites excluding steroid dienone is 1. The molecule has 5 nitrogen and oxygen atoms in total. The third-order valence-corrected chi connectivity index (χ3v) is 6.27. The number of ether oxygens (including phenoxy) is 3. The fourth-order valence-electron chi connectivity index (χ4n) is 3.51. The van der Waals surface area contributed by atoms with Crippen LogP contribution in [-0.4, -0.2) is 38.0 Å². The van der Waals surface area contributed by atoms with Crippen molar-refractivity contribution in [2.45, 2.75) is 49.7 Å². The monoisotopic (exact) mass is 406 g/mol. The van der Waals surface area contributed by atoms with Crippen molar-refractivity contribution in [1.29, 1.82) is 0 Å². The number of carbonyl (C=O) groups is 2. The molecule has 0 aromatic heterocycles. The Morgan fingerprint density at radius 3 is 2.50 bits per heavy atom. The van der Waals surface area contributed by atoms with Gasteiger partial charge < -0.3 is 14.2 Å². The molecule has 1 aliphatic carbocycles. The van der Waals surface area contributed by atoms with E-state index in [2.05, 4.69) is 0 Å². The van der Waals surface area contributed by atoms with E-state index in [-0.39, 0.29) is 29.0 Å². The third-order valence-electron chi connectivity index (χ3n) is 4.95. The fourth-order valence-corrected chi connectivity index (χ4v) is 4.74. The lowest BCUT2D eigenvalue weighted by Gasteiger charge is -2.31. The second-order valence-electron chi connectivity index (χ2n) is 6.87. The van der Waals surface area contributed by atoms with Gasteiger partial charge in [0.1, 0.15) is 11.0 Å². The van der Waals surface area contributed by atoms with Crippen LogP contribution in [-0.2, 0) is 19.1 Å². The van der Waals surface area contributed by atoms with Gasteiger partial charge in [-0.25, -0.2) is 0 Å². The van der Waals surface area contributed by atoms with Crippen LogP contribution in [0, 0.1) is 11.8 Å². The largest absolute Gasteiger partial charge is 0.497 e. The number of hydrogen-bond donors (Lipinski definition) is 0. The highest BCUT2D eigenvalue weighted by atomic mass is 32.2. The molecule has 0 spiro atoms. The maximum atomic E-state index is 12.8. The molecule has 154 valence electrons. The van der Waals surface area contributed by atoms with E-state index in [1.807, 2.05) is 44.2 Å². The molecule has 0 aliphatic heterocycles. The van der Waals surface area contributed by atoms with Gasteiger partial charge in [0.15, 0.2) is 0 Å². The van der Waals surface area contributed by atoms with E-state index < -0.39 is 0 Å². The van der Waals surface area contributed by atoms with E-state index in [9.17, 15) is 9.59 Å². The van der Waals surface area contributed by atoms with Gasteiger partial charge >= 0.3 is 11.9 Å². The van der Waals surface area contributed by atoms with Crippen molar-refractivity contribution in [3.63, 3.8) is 0 Å². The van der Waals surface area contributed by atoms with E-state index in [1.165, 1.54) is 18.9 Å². The Labute approximate surface area is 171 Å². The summed E-state index contributed by atoms with van der Waals surface area (Å²) >= 11 is 1.52. The lowest BCUT2D eigenvalue weighted by molar-refractivity contribution is -0.143. The Morgan fingerprint density at radius 2 is 1.89 bits per heavy atom. The van der Waals surface area contributed by atoms with Gasteiger partial charge in [-0.2, -0.15) is 0 Å². The highest BCUT2D eigenvalue weighted by molar-refractivity contribution is 8.00. The van der Waals surface area contributed by atoms with Crippen LogP contribution in [0.4, 0.5) is 0 Å². The van der Waals surface area contributed by atoms with Crippen LogP contribution in [0.15, 0.2) is 40.8 Å². The lowest BCUT2D eigenvalue weighted by atomic mass is 9.80. The minimum atomic E-state index is -0.343. The van der Waals surface area contributed by atoms with Crippen molar-refractivity contribution < 1.29 is 23.8 Å². The molecule has 6 heteroatoms. The molecule has 0 saturated heterocycles. The standard InChI is InChI=1S/C22H30O5S/c1-5-27-22(24)20(28-18-12-10-17(25-3)11-13-18)19-9-7-6-8-16(19)14-15(2)21(23)26-4/h10-15,19-20H,5-9H2,1-4H3/b16-14+/t15-,19-,20-/m0/s1. The number of methoxy groups -OCH3 is 2. The van der Waals surface area contributed by atoms with Crippen LogP contribution in [0.5, 0.6) is 5.75 Å². The van der Waals surface area contributed by atoms with Crippen molar-refractivity contribution in [1.82, 2.24) is 0 Å². The summed E-state index contributed by atoms with van der Waals surface area (Å²) in [5.74, 6) is 0.0442. The molecule has 0 amide bonds. The van der Waals surface area contributed by atoms with Gasteiger partial charge in [-0.3, -0.25) is 9.59 Å². The first kappa shape index (κ1) is 22.3. The second kappa shape index (κ2) is 11.1. The fraction of sp³-hybridized carbons (Fsp3) is 0.545. The van der Waals surface area contributed by atoms with Gasteiger partial charge in [-0.1, -0.05) is 18.1 Å². The summed E-state index contributed by atoms with van der Waals surface area (Å²) in [6, 6.07) is 7.70. The van der Waals surface area contributed by atoms with Crippen molar-refractivity contribution in [2.75, 3.05) is 20.8 Å². The zero-order chi connectivity index (χ0) is 20.5. The molecule has 1 aromatic carbocycles. The predicted molar refractivity (Wildman–Crippen MR) is 110 cm³/mol. The van der Waals surface area contributed by atoms with Crippen molar-refractivity contribution in [2.24, 2.45) is 11.8 Å². The Morgan fingerprint density at radius 1 is 1.18 bits per heavy atom. The topological polar surface area (TPSA) is 61.8 Å². The van der Waals surface area contributed by atoms with Gasteiger partial charge in [-0.15, -0.1) is 11.8 Å². The number of thioether (sulfide) groups is 1. The normalized spacial score (nSPS) is 20.3. The van der Waals surface area contributed by atoms with Crippen molar-refractivity contribution in [3.8, 4) is 5.75 Å². The van der Waals surface area contributed by atoms with E-state index >= 15 is 0 Å². The van der Waals surface area contributed by atoms with E-state index in [0.29, 0.717) is 6.61 Å². The highest BCUT2D eigenvalue weighted by Gasteiger charge is 2.35. The number of benzene rings is 1. The molecule has 1 saturated carbocycles. The number of rotatable bonds is 8. The third kappa shape index (κ3) is 6.03. The average molecular weight is 407 g/mol. The molecule has 0 heterocycles. The van der Waals surface area contributed by atoms with Crippen LogP contribution >= 0.6 is 11.8 Å². The van der Waals surface area contributed by atoms with Gasteiger partial charge in [0.05, 0.1) is 26.7 Å². The molecule has 1 aromatic rings. The molecule has 0 N–H and O–H groups in total. The van der Waals surface area contributed by atoms with Gasteiger partial charge in [-0.05, 0) is 57.4 Å². The Kier molecular flexibility index (Phi) is 8.90. The SMILES string of the molecule is CCOC(=O)[C@@H](Sc1ccc(OC)cc1)[C@H]1CCCC/C1=C\[C@H](C)C(=O)OC. The summed E-state index contributed by atoms with van der Waals surface area (Å²) in [7, 11) is 3.03. The first-order valence-corrected chi connectivity index (χ1v) is 10.6. The Hall–Kier alpha value is -1.95.